The monoisotopic (exact) mass is 842 g/mol. The highest BCUT2D eigenvalue weighted by Crippen LogP contribution is 2.78. The van der Waals surface area contributed by atoms with Crippen molar-refractivity contribution in [2.24, 2.45) is 17.8 Å². The summed E-state index contributed by atoms with van der Waals surface area (Å²) >= 11 is 0. The van der Waals surface area contributed by atoms with Crippen LogP contribution in [0, 0.1) is 17.8 Å². The number of fused-ring (bicyclic) bond motifs is 5. The highest BCUT2D eigenvalue weighted by molar-refractivity contribution is 7.66. The molecule has 2 aliphatic carbocycles. The quantitative estimate of drug-likeness (QED) is 0.0749. The van der Waals surface area contributed by atoms with Crippen LogP contribution in [0.25, 0.3) is 11.2 Å². The summed E-state index contributed by atoms with van der Waals surface area (Å²) in [6, 6.07) is -0.747. The number of rotatable bonds is 13. The van der Waals surface area contributed by atoms with Crippen LogP contribution in [0.4, 0.5) is 23.4 Å². The van der Waals surface area contributed by atoms with Crippen molar-refractivity contribution in [3.63, 3.8) is 0 Å². The minimum Gasteiger partial charge on any atom is -0.387 e. The molecule has 2 saturated heterocycles. The van der Waals surface area contributed by atoms with E-state index in [0.717, 1.165) is 10.9 Å². The number of aromatic amines is 2. The summed E-state index contributed by atoms with van der Waals surface area (Å²) in [6.45, 7) is -1.63. The normalized spacial score (nSPS) is 36.6. The number of phosphoric ester groups is 2. The van der Waals surface area contributed by atoms with E-state index < -0.39 is 108 Å². The molecule has 8 rings (SSSR count). The summed E-state index contributed by atoms with van der Waals surface area (Å²) in [7, 11) is -14.3. The van der Waals surface area contributed by atoms with Gasteiger partial charge >= 0.3 is 23.5 Å². The molecule has 13 atom stereocenters. The lowest BCUT2D eigenvalue weighted by molar-refractivity contribution is -0.251. The molecular weight excluding hydrogens is 809 g/mol. The fourth-order valence-corrected chi connectivity index (χ4v) is 11.3. The van der Waals surface area contributed by atoms with Crippen LogP contribution in [-0.4, -0.2) is 129 Å². The Morgan fingerprint density at radius 3 is 2.27 bits per heavy atom. The Kier molecular flexibility index (Phi) is 8.78. The third kappa shape index (κ3) is 6.22. The number of methoxy groups -OCH3 is 1. The number of nitrogens with zero attached hydrogens (tertiary/aromatic N) is 6. The largest absolute Gasteiger partial charge is 0.490 e. The molecule has 55 heavy (non-hydrogen) atoms. The SMILES string of the molecule is CO[C@]12O[C@@]3(O)C(N4CN(C)c5c4nc(N)[nH]c5=O)[C@@H]3C1C2COP(=O)(O)OP(=O)(O)OP(=O)(O)OC[C@H]1O[C@@H](n2cnc3c(=O)[nH]c(N)nc32)C(O)C1O. The molecular formula is C24H33N10O18P3. The number of hydrogen-bond donors (Lipinski definition) is 10. The molecule has 31 heteroatoms. The molecule has 302 valence electrons. The minimum atomic E-state index is -5.94. The first-order valence-corrected chi connectivity index (χ1v) is 20.4. The summed E-state index contributed by atoms with van der Waals surface area (Å²) < 4.78 is 73.6. The fraction of sp³-hybridized carbons (Fsp3) is 0.625. The topological polar surface area (TPSA) is 405 Å². The van der Waals surface area contributed by atoms with Gasteiger partial charge in [0.15, 0.2) is 34.8 Å². The molecule has 0 radical (unpaired) electrons. The Balaban J connectivity index is 0.864. The first kappa shape index (κ1) is 38.5. The van der Waals surface area contributed by atoms with Gasteiger partial charge in [-0.15, -0.1) is 0 Å². The van der Waals surface area contributed by atoms with Crippen LogP contribution in [0.5, 0.6) is 0 Å². The maximum atomic E-state index is 12.7. The predicted molar refractivity (Wildman–Crippen MR) is 177 cm³/mol. The van der Waals surface area contributed by atoms with Gasteiger partial charge in [-0.3, -0.25) is 33.2 Å². The number of H-pyrrole nitrogens is 2. The van der Waals surface area contributed by atoms with Gasteiger partial charge < -0.3 is 65.5 Å². The molecule has 0 amide bonds. The zero-order valence-corrected chi connectivity index (χ0v) is 30.8. The van der Waals surface area contributed by atoms with Crippen LogP contribution < -0.4 is 32.4 Å². The molecule has 0 aromatic carbocycles. The van der Waals surface area contributed by atoms with E-state index in [2.05, 4.69) is 38.1 Å². The van der Waals surface area contributed by atoms with Gasteiger partial charge in [-0.25, -0.2) is 18.7 Å². The highest BCUT2D eigenvalue weighted by Gasteiger charge is 2.92. The van der Waals surface area contributed by atoms with E-state index in [-0.39, 0.29) is 41.2 Å². The summed E-state index contributed by atoms with van der Waals surface area (Å²) in [4.78, 5) is 74.8. The minimum absolute atomic E-state index is 0.135. The first-order chi connectivity index (χ1) is 25.6. The molecule has 3 aromatic heterocycles. The lowest BCUT2D eigenvalue weighted by Gasteiger charge is -2.25. The zero-order valence-electron chi connectivity index (χ0n) is 28.1. The van der Waals surface area contributed by atoms with E-state index in [1.807, 2.05) is 0 Å². The number of nitrogens with one attached hydrogen (secondary N) is 2. The van der Waals surface area contributed by atoms with Crippen molar-refractivity contribution in [2.75, 3.05) is 55.3 Å². The summed E-state index contributed by atoms with van der Waals surface area (Å²) in [5.74, 6) is -5.68. The maximum absolute atomic E-state index is 12.7. The van der Waals surface area contributed by atoms with Gasteiger partial charge in [0.2, 0.25) is 11.9 Å². The summed E-state index contributed by atoms with van der Waals surface area (Å²) in [5, 5.41) is 32.4. The molecule has 5 aliphatic rings. The smallest absolute Gasteiger partial charge is 0.387 e. The van der Waals surface area contributed by atoms with Crippen molar-refractivity contribution < 1.29 is 75.6 Å². The first-order valence-electron chi connectivity index (χ1n) is 15.9. The van der Waals surface area contributed by atoms with Gasteiger partial charge in [0, 0.05) is 31.9 Å². The van der Waals surface area contributed by atoms with E-state index in [1.165, 1.54) is 7.11 Å². The van der Waals surface area contributed by atoms with Gasteiger partial charge in [-0.05, 0) is 0 Å². The molecule has 8 unspecified atom stereocenters. The van der Waals surface area contributed by atoms with Crippen LogP contribution >= 0.6 is 23.5 Å². The molecule has 3 aliphatic heterocycles. The highest BCUT2D eigenvalue weighted by atomic mass is 31.3. The Bertz CT molecular complexity index is 2350. The van der Waals surface area contributed by atoms with Crippen molar-refractivity contribution in [1.82, 2.24) is 29.5 Å². The van der Waals surface area contributed by atoms with E-state index in [4.69, 9.17) is 30.2 Å². The molecule has 2 saturated carbocycles. The van der Waals surface area contributed by atoms with Gasteiger partial charge in [0.1, 0.15) is 24.0 Å². The molecule has 28 nitrogen and oxygen atoms in total. The number of aliphatic hydroxyl groups excluding tert-OH is 2. The lowest BCUT2D eigenvalue weighted by atomic mass is 10.1. The van der Waals surface area contributed by atoms with E-state index in [1.54, 1.807) is 16.8 Å². The van der Waals surface area contributed by atoms with Crippen molar-refractivity contribution in [1.29, 1.82) is 0 Å². The Labute approximate surface area is 305 Å². The number of ether oxygens (including phenoxy) is 3. The van der Waals surface area contributed by atoms with Gasteiger partial charge in [-0.2, -0.15) is 18.6 Å². The van der Waals surface area contributed by atoms with E-state index >= 15 is 0 Å². The summed E-state index contributed by atoms with van der Waals surface area (Å²) in [5.41, 5.74) is 9.97. The Morgan fingerprint density at radius 2 is 1.60 bits per heavy atom. The average molecular weight is 843 g/mol. The Morgan fingerprint density at radius 1 is 0.964 bits per heavy atom. The number of nitrogens with two attached hydrogens (primary N) is 2. The third-order valence-corrected chi connectivity index (χ3v) is 14.3. The number of aromatic nitrogens is 6. The molecule has 3 aromatic rings. The van der Waals surface area contributed by atoms with E-state index in [9.17, 15) is 53.3 Å². The molecule has 12 N–H and O–H groups in total. The molecule has 4 fully saturated rings. The number of aliphatic hydroxyl groups is 3. The Hall–Kier alpha value is -3.40. The maximum Gasteiger partial charge on any atom is 0.490 e. The van der Waals surface area contributed by atoms with Crippen LogP contribution in [0.15, 0.2) is 15.9 Å². The second-order valence-electron chi connectivity index (χ2n) is 13.3. The van der Waals surface area contributed by atoms with Gasteiger partial charge in [0.25, 0.3) is 11.1 Å². The fourth-order valence-electron chi connectivity index (χ4n) is 7.73. The third-order valence-electron chi connectivity index (χ3n) is 10.0. The molecule has 6 heterocycles. The van der Waals surface area contributed by atoms with Crippen LogP contribution in [0.1, 0.15) is 6.23 Å². The second kappa shape index (κ2) is 12.5. The molecule has 0 spiro atoms. The average Bonchev–Trinajstić information content (AvgIpc) is 3.46. The van der Waals surface area contributed by atoms with Crippen molar-refractivity contribution >= 4 is 58.0 Å². The number of hydrogen-bond acceptors (Lipinski definition) is 22. The number of nitrogen functional groups attached to an aromatic ring is 2. The summed E-state index contributed by atoms with van der Waals surface area (Å²) in [6.07, 6.45) is -5.56. The number of imidazole rings is 1. The van der Waals surface area contributed by atoms with Crippen molar-refractivity contribution in [3.05, 3.63) is 27.0 Å². The lowest BCUT2D eigenvalue weighted by Crippen LogP contribution is -2.40. The van der Waals surface area contributed by atoms with Gasteiger partial charge in [0.05, 0.1) is 32.3 Å². The van der Waals surface area contributed by atoms with Crippen LogP contribution in [0.2, 0.25) is 0 Å². The van der Waals surface area contributed by atoms with Crippen molar-refractivity contribution in [3.8, 4) is 0 Å². The number of anilines is 4. The predicted octanol–water partition coefficient (Wildman–Crippen LogP) is -3.43. The van der Waals surface area contributed by atoms with Crippen LogP contribution in [-0.2, 0) is 45.6 Å². The van der Waals surface area contributed by atoms with Gasteiger partial charge in [-0.1, -0.05) is 0 Å². The zero-order chi connectivity index (χ0) is 39.8. The standard InChI is InChI=1S/C24H33N10O18P3/c1-32-6-34(17-12(32)19(38)31-22(26)29-17)15-10-9-7(24(9,46-2)50-23(10,15)39)3-47-53(40,41)51-55(44,45)52-54(42,43)48-4-8-13(35)14(36)20(49-8)33-5-27-11-16(33)28-21(25)30-18(11)37/h5,7-10,13-15,20,35-36,39H,3-4,6H2,1-2H3,(H,40,41)(H,42,43)(H,44,45)(H3,25,28,30,37)(H3,26,29,31,38)/t7?,8-,9?,10+,13?,14?,15?,20-,23-,24-/m1/s1. The van der Waals surface area contributed by atoms with Crippen molar-refractivity contribution in [2.45, 2.75) is 42.2 Å². The molecule has 0 bridgehead atoms. The van der Waals surface area contributed by atoms with E-state index in [0.29, 0.717) is 0 Å². The van der Waals surface area contributed by atoms with Crippen LogP contribution in [0.3, 0.4) is 0 Å². The second-order valence-corrected chi connectivity index (χ2v) is 17.9. The number of phosphoric acid groups is 3.